The molecule has 2 aromatic carbocycles. The molecule has 0 spiro atoms. The first-order chi connectivity index (χ1) is 10.6. The number of benzene rings is 2. The highest BCUT2D eigenvalue weighted by Crippen LogP contribution is 2.20. The van der Waals surface area contributed by atoms with Crippen LogP contribution in [0.5, 0.6) is 5.75 Å². The van der Waals surface area contributed by atoms with Crippen LogP contribution in [0.3, 0.4) is 0 Å². The van der Waals surface area contributed by atoms with Gasteiger partial charge in [-0.15, -0.1) is 0 Å². The van der Waals surface area contributed by atoms with E-state index in [0.717, 1.165) is 5.56 Å². The molecule has 4 nitrogen and oxygen atoms in total. The predicted molar refractivity (Wildman–Crippen MR) is 79.9 cm³/mol. The fourth-order valence-corrected chi connectivity index (χ4v) is 1.83. The van der Waals surface area contributed by atoms with E-state index in [4.69, 9.17) is 21.6 Å². The maximum absolute atomic E-state index is 13.0. The van der Waals surface area contributed by atoms with Crippen LogP contribution in [-0.2, 0) is 11.3 Å². The van der Waals surface area contributed by atoms with Crippen LogP contribution in [0.1, 0.15) is 11.1 Å². The Kier molecular flexibility index (Phi) is 5.34. The number of carbonyl (C=O) groups excluding carboxylic acids is 1. The smallest absolute Gasteiger partial charge is 0.258 e. The summed E-state index contributed by atoms with van der Waals surface area (Å²) in [5, 5.41) is 11.3. The van der Waals surface area contributed by atoms with Gasteiger partial charge in [-0.1, -0.05) is 23.7 Å². The van der Waals surface area contributed by atoms with Crippen LogP contribution >= 0.6 is 11.6 Å². The van der Waals surface area contributed by atoms with Crippen molar-refractivity contribution in [3.05, 3.63) is 64.4 Å². The van der Waals surface area contributed by atoms with Gasteiger partial charge in [0.05, 0.1) is 16.7 Å². The zero-order valence-corrected chi connectivity index (χ0v) is 12.2. The third-order valence-electron chi connectivity index (χ3n) is 2.83. The summed E-state index contributed by atoms with van der Waals surface area (Å²) in [6, 6.07) is 12.8. The molecule has 0 fully saturated rings. The first-order valence-corrected chi connectivity index (χ1v) is 6.80. The molecule has 112 valence electrons. The number of hydrogen-bond acceptors (Lipinski definition) is 3. The number of ether oxygens (including phenoxy) is 1. The number of carbonyl (C=O) groups is 1. The van der Waals surface area contributed by atoms with Gasteiger partial charge in [0, 0.05) is 12.6 Å². The van der Waals surface area contributed by atoms with Gasteiger partial charge >= 0.3 is 0 Å². The molecular weight excluding hydrogens is 307 g/mol. The SMILES string of the molecule is N#Cc1ccc(CNC(=O)COc2ccc(F)c(Cl)c2)cc1. The Hall–Kier alpha value is -2.58. The molecule has 0 aromatic heterocycles. The average molecular weight is 319 g/mol. The van der Waals surface area contributed by atoms with Crippen LogP contribution in [0.4, 0.5) is 4.39 Å². The van der Waals surface area contributed by atoms with E-state index < -0.39 is 5.82 Å². The molecule has 0 radical (unpaired) electrons. The highest BCUT2D eigenvalue weighted by atomic mass is 35.5. The first-order valence-electron chi connectivity index (χ1n) is 6.42. The number of nitrogens with zero attached hydrogens (tertiary/aromatic N) is 1. The normalized spacial score (nSPS) is 9.86. The minimum atomic E-state index is -0.542. The minimum absolute atomic E-state index is 0.0597. The van der Waals surface area contributed by atoms with E-state index in [1.807, 2.05) is 6.07 Å². The van der Waals surface area contributed by atoms with Gasteiger partial charge in [-0.2, -0.15) is 5.26 Å². The molecule has 6 heteroatoms. The van der Waals surface area contributed by atoms with Gasteiger partial charge in [0.25, 0.3) is 5.91 Å². The Balaban J connectivity index is 1.80. The van der Waals surface area contributed by atoms with E-state index in [9.17, 15) is 9.18 Å². The highest BCUT2D eigenvalue weighted by Gasteiger charge is 2.05. The van der Waals surface area contributed by atoms with Gasteiger partial charge in [0.1, 0.15) is 11.6 Å². The van der Waals surface area contributed by atoms with E-state index in [-0.39, 0.29) is 17.5 Å². The standard InChI is InChI=1S/C16H12ClFN2O2/c17-14-7-13(5-6-15(14)18)22-10-16(21)20-9-12-3-1-11(8-19)2-4-12/h1-7H,9-10H2,(H,20,21). The molecule has 0 unspecified atom stereocenters. The third-order valence-corrected chi connectivity index (χ3v) is 3.12. The molecule has 2 aromatic rings. The van der Waals surface area contributed by atoms with Gasteiger partial charge in [0.15, 0.2) is 6.61 Å². The number of hydrogen-bond donors (Lipinski definition) is 1. The van der Waals surface area contributed by atoms with Crippen LogP contribution < -0.4 is 10.1 Å². The molecule has 0 saturated carbocycles. The van der Waals surface area contributed by atoms with Crippen LogP contribution in [0.15, 0.2) is 42.5 Å². The van der Waals surface area contributed by atoms with Gasteiger partial charge in [-0.05, 0) is 29.8 Å². The zero-order valence-electron chi connectivity index (χ0n) is 11.5. The summed E-state index contributed by atoms with van der Waals surface area (Å²) in [5.74, 6) is -0.538. The van der Waals surface area contributed by atoms with Crippen molar-refractivity contribution in [3.8, 4) is 11.8 Å². The number of rotatable bonds is 5. The highest BCUT2D eigenvalue weighted by molar-refractivity contribution is 6.30. The summed E-state index contributed by atoms with van der Waals surface area (Å²) in [7, 11) is 0. The maximum atomic E-state index is 13.0. The minimum Gasteiger partial charge on any atom is -0.484 e. The first kappa shape index (κ1) is 15.8. The second-order valence-electron chi connectivity index (χ2n) is 4.45. The average Bonchev–Trinajstić information content (AvgIpc) is 2.54. The summed E-state index contributed by atoms with van der Waals surface area (Å²) in [6.45, 7) is 0.135. The number of nitriles is 1. The fraction of sp³-hybridized carbons (Fsp3) is 0.125. The monoisotopic (exact) mass is 318 g/mol. The summed E-state index contributed by atoms with van der Waals surface area (Å²) in [6.07, 6.45) is 0. The summed E-state index contributed by atoms with van der Waals surface area (Å²) in [4.78, 5) is 11.7. The molecule has 0 aliphatic heterocycles. The van der Waals surface area contributed by atoms with E-state index in [2.05, 4.69) is 5.32 Å². The predicted octanol–water partition coefficient (Wildman–Crippen LogP) is 3.05. The Morgan fingerprint density at radius 1 is 1.27 bits per heavy atom. The quantitative estimate of drug-likeness (QED) is 0.921. The van der Waals surface area contributed by atoms with Crippen LogP contribution in [0.25, 0.3) is 0 Å². The third kappa shape index (κ3) is 4.47. The number of nitrogens with one attached hydrogen (secondary N) is 1. The lowest BCUT2D eigenvalue weighted by Gasteiger charge is -2.08. The van der Waals surface area contributed by atoms with Gasteiger partial charge in [0.2, 0.25) is 0 Å². The molecular formula is C16H12ClFN2O2. The number of amides is 1. The second-order valence-corrected chi connectivity index (χ2v) is 4.86. The Bertz CT molecular complexity index is 711. The lowest BCUT2D eigenvalue weighted by molar-refractivity contribution is -0.123. The molecule has 0 atom stereocenters. The Labute approximate surface area is 132 Å². The molecule has 0 aliphatic rings. The summed E-state index contributed by atoms with van der Waals surface area (Å²) < 4.78 is 18.2. The summed E-state index contributed by atoms with van der Waals surface area (Å²) >= 11 is 5.62. The molecule has 0 heterocycles. The fourth-order valence-electron chi connectivity index (χ4n) is 1.66. The second kappa shape index (κ2) is 7.43. The topological polar surface area (TPSA) is 62.1 Å². The molecule has 0 bridgehead atoms. The lowest BCUT2D eigenvalue weighted by atomic mass is 10.1. The van der Waals surface area contributed by atoms with Crippen molar-refractivity contribution in [3.63, 3.8) is 0 Å². The van der Waals surface area contributed by atoms with Crippen LogP contribution in [0, 0.1) is 17.1 Å². The molecule has 22 heavy (non-hydrogen) atoms. The van der Waals surface area contributed by atoms with E-state index in [1.165, 1.54) is 18.2 Å². The molecule has 1 amide bonds. The zero-order chi connectivity index (χ0) is 15.9. The Morgan fingerprint density at radius 3 is 2.64 bits per heavy atom. The van der Waals surface area contributed by atoms with Crippen LogP contribution in [0.2, 0.25) is 5.02 Å². The van der Waals surface area contributed by atoms with Crippen molar-refractivity contribution >= 4 is 17.5 Å². The molecule has 1 N–H and O–H groups in total. The molecule has 0 saturated heterocycles. The van der Waals surface area contributed by atoms with Gasteiger partial charge in [-0.25, -0.2) is 4.39 Å². The van der Waals surface area contributed by atoms with Crippen molar-refractivity contribution in [1.29, 1.82) is 5.26 Å². The van der Waals surface area contributed by atoms with E-state index in [0.29, 0.717) is 17.9 Å². The largest absolute Gasteiger partial charge is 0.484 e. The van der Waals surface area contributed by atoms with Gasteiger partial charge in [-0.3, -0.25) is 4.79 Å². The summed E-state index contributed by atoms with van der Waals surface area (Å²) in [5.41, 5.74) is 1.43. The van der Waals surface area contributed by atoms with Crippen molar-refractivity contribution in [1.82, 2.24) is 5.32 Å². The van der Waals surface area contributed by atoms with Crippen LogP contribution in [-0.4, -0.2) is 12.5 Å². The van der Waals surface area contributed by atoms with Crippen molar-refractivity contribution in [2.45, 2.75) is 6.54 Å². The van der Waals surface area contributed by atoms with Crippen molar-refractivity contribution in [2.24, 2.45) is 0 Å². The van der Waals surface area contributed by atoms with E-state index in [1.54, 1.807) is 24.3 Å². The maximum Gasteiger partial charge on any atom is 0.258 e. The number of halogens is 2. The Morgan fingerprint density at radius 2 is 2.00 bits per heavy atom. The van der Waals surface area contributed by atoms with E-state index >= 15 is 0 Å². The lowest BCUT2D eigenvalue weighted by Crippen LogP contribution is -2.28. The van der Waals surface area contributed by atoms with Crippen molar-refractivity contribution in [2.75, 3.05) is 6.61 Å². The van der Waals surface area contributed by atoms with Crippen molar-refractivity contribution < 1.29 is 13.9 Å². The molecule has 2 rings (SSSR count). The van der Waals surface area contributed by atoms with Gasteiger partial charge < -0.3 is 10.1 Å². The molecule has 0 aliphatic carbocycles.